The molecule has 0 radical (unpaired) electrons. The lowest BCUT2D eigenvalue weighted by atomic mass is 10.2. The number of rotatable bonds is 2. The smallest absolute Gasteiger partial charge is 0.243 e. The topological polar surface area (TPSA) is 63.4 Å². The Morgan fingerprint density at radius 2 is 1.82 bits per heavy atom. The first kappa shape index (κ1) is 12.5. The van der Waals surface area contributed by atoms with Gasteiger partial charge in [-0.05, 0) is 43.5 Å². The fourth-order valence-electron chi connectivity index (χ4n) is 2.20. The van der Waals surface area contributed by atoms with Gasteiger partial charge in [-0.15, -0.1) is 0 Å². The zero-order valence-electron chi connectivity index (χ0n) is 10.2. The molecule has 17 heavy (non-hydrogen) atoms. The molecular weight excluding hydrogens is 236 g/mol. The second-order valence-corrected chi connectivity index (χ2v) is 6.67. The molecule has 2 N–H and O–H groups in total. The van der Waals surface area contributed by atoms with E-state index in [2.05, 4.69) is 0 Å². The van der Waals surface area contributed by atoms with Crippen LogP contribution in [0.3, 0.4) is 0 Å². The van der Waals surface area contributed by atoms with Crippen LogP contribution >= 0.6 is 0 Å². The van der Waals surface area contributed by atoms with Gasteiger partial charge in [0.1, 0.15) is 0 Å². The summed E-state index contributed by atoms with van der Waals surface area (Å²) in [6, 6.07) is 5.36. The summed E-state index contributed by atoms with van der Waals surface area (Å²) >= 11 is 0. The maximum Gasteiger partial charge on any atom is 0.243 e. The maximum absolute atomic E-state index is 12.4. The van der Waals surface area contributed by atoms with Crippen LogP contribution in [0.5, 0.6) is 0 Å². The van der Waals surface area contributed by atoms with Crippen LogP contribution < -0.4 is 5.73 Å². The predicted molar refractivity (Wildman–Crippen MR) is 67.3 cm³/mol. The quantitative estimate of drug-likeness (QED) is 0.857. The number of nitrogens with zero attached hydrogens (tertiary/aromatic N) is 1. The van der Waals surface area contributed by atoms with E-state index < -0.39 is 10.0 Å². The molecule has 1 saturated heterocycles. The van der Waals surface area contributed by atoms with Crippen molar-refractivity contribution < 1.29 is 8.42 Å². The summed E-state index contributed by atoms with van der Waals surface area (Å²) in [5, 5.41) is 0. The molecule has 0 bridgehead atoms. The second-order valence-electron chi connectivity index (χ2n) is 4.74. The Balaban J connectivity index is 2.38. The van der Waals surface area contributed by atoms with Crippen molar-refractivity contribution in [2.24, 2.45) is 5.73 Å². The minimum Gasteiger partial charge on any atom is -0.326 e. The van der Waals surface area contributed by atoms with E-state index in [1.165, 1.54) is 4.31 Å². The first-order chi connectivity index (χ1) is 7.89. The summed E-state index contributed by atoms with van der Waals surface area (Å²) < 4.78 is 26.2. The van der Waals surface area contributed by atoms with Crippen molar-refractivity contribution >= 4 is 10.0 Å². The fraction of sp³-hybridized carbons (Fsp3) is 0.500. The van der Waals surface area contributed by atoms with Gasteiger partial charge in [0, 0.05) is 19.1 Å². The molecule has 1 aromatic carbocycles. The molecule has 1 atom stereocenters. The monoisotopic (exact) mass is 254 g/mol. The highest BCUT2D eigenvalue weighted by molar-refractivity contribution is 7.89. The molecule has 1 aliphatic rings. The van der Waals surface area contributed by atoms with Crippen molar-refractivity contribution in [3.05, 3.63) is 29.3 Å². The Labute approximate surface area is 102 Å². The molecule has 0 aromatic heterocycles. The number of sulfonamides is 1. The number of aryl methyl sites for hydroxylation is 2. The van der Waals surface area contributed by atoms with Crippen LogP contribution in [0.4, 0.5) is 0 Å². The van der Waals surface area contributed by atoms with E-state index in [4.69, 9.17) is 5.73 Å². The van der Waals surface area contributed by atoms with E-state index in [-0.39, 0.29) is 6.04 Å². The second kappa shape index (κ2) is 4.40. The van der Waals surface area contributed by atoms with Crippen LogP contribution in [0.25, 0.3) is 0 Å². The van der Waals surface area contributed by atoms with E-state index >= 15 is 0 Å². The van der Waals surface area contributed by atoms with Gasteiger partial charge < -0.3 is 5.73 Å². The molecule has 1 fully saturated rings. The molecule has 2 rings (SSSR count). The van der Waals surface area contributed by atoms with Crippen molar-refractivity contribution in [3.63, 3.8) is 0 Å². The largest absolute Gasteiger partial charge is 0.326 e. The van der Waals surface area contributed by atoms with E-state index in [1.54, 1.807) is 12.1 Å². The van der Waals surface area contributed by atoms with Crippen LogP contribution in [-0.2, 0) is 10.0 Å². The highest BCUT2D eigenvalue weighted by Crippen LogP contribution is 2.22. The van der Waals surface area contributed by atoms with Crippen LogP contribution in [0.2, 0.25) is 0 Å². The SMILES string of the molecule is Cc1cc(C)cc(S(=O)(=O)N2CC[C@H](N)C2)c1. The Bertz CT molecular complexity index is 505. The first-order valence-corrected chi connectivity index (χ1v) is 7.17. The predicted octanol–water partition coefficient (Wildman–Crippen LogP) is 1.03. The molecule has 0 saturated carbocycles. The summed E-state index contributed by atoms with van der Waals surface area (Å²) in [7, 11) is -3.36. The normalized spacial score (nSPS) is 21.9. The van der Waals surface area contributed by atoms with Gasteiger partial charge in [-0.2, -0.15) is 4.31 Å². The van der Waals surface area contributed by atoms with Gasteiger partial charge in [-0.3, -0.25) is 0 Å². The van der Waals surface area contributed by atoms with Crippen molar-refractivity contribution in [2.45, 2.75) is 31.2 Å². The zero-order chi connectivity index (χ0) is 12.6. The highest BCUT2D eigenvalue weighted by Gasteiger charge is 2.30. The lowest BCUT2D eigenvalue weighted by molar-refractivity contribution is 0.472. The summed E-state index contributed by atoms with van der Waals surface area (Å²) in [6.45, 7) is 4.76. The van der Waals surface area contributed by atoms with E-state index in [9.17, 15) is 8.42 Å². The van der Waals surface area contributed by atoms with Gasteiger partial charge >= 0.3 is 0 Å². The van der Waals surface area contributed by atoms with Crippen LogP contribution in [0.15, 0.2) is 23.1 Å². The maximum atomic E-state index is 12.4. The van der Waals surface area contributed by atoms with Gasteiger partial charge in [0.25, 0.3) is 0 Å². The molecule has 94 valence electrons. The molecule has 4 nitrogen and oxygen atoms in total. The minimum atomic E-state index is -3.36. The number of nitrogens with two attached hydrogens (primary N) is 1. The number of hydrogen-bond donors (Lipinski definition) is 1. The third-order valence-corrected chi connectivity index (χ3v) is 4.86. The standard InChI is InChI=1S/C12H18N2O2S/c1-9-5-10(2)7-12(6-9)17(15,16)14-4-3-11(13)8-14/h5-7,11H,3-4,8,13H2,1-2H3/t11-/m0/s1. The molecule has 0 aliphatic carbocycles. The molecule has 0 unspecified atom stereocenters. The van der Waals surface area contributed by atoms with Crippen molar-refractivity contribution in [3.8, 4) is 0 Å². The average molecular weight is 254 g/mol. The van der Waals surface area contributed by atoms with E-state index in [1.807, 2.05) is 19.9 Å². The van der Waals surface area contributed by atoms with Crippen molar-refractivity contribution in [1.29, 1.82) is 0 Å². The Morgan fingerprint density at radius 1 is 1.24 bits per heavy atom. The summed E-state index contributed by atoms with van der Waals surface area (Å²) in [6.07, 6.45) is 0.740. The van der Waals surface area contributed by atoms with Gasteiger partial charge in [0.2, 0.25) is 10.0 Å². The Hall–Kier alpha value is -0.910. The molecule has 1 aliphatic heterocycles. The van der Waals surface area contributed by atoms with Gasteiger partial charge in [-0.25, -0.2) is 8.42 Å². The van der Waals surface area contributed by atoms with E-state index in [0.29, 0.717) is 18.0 Å². The van der Waals surface area contributed by atoms with Crippen LogP contribution in [-0.4, -0.2) is 31.9 Å². The highest BCUT2D eigenvalue weighted by atomic mass is 32.2. The summed E-state index contributed by atoms with van der Waals surface area (Å²) in [5.41, 5.74) is 7.68. The molecular formula is C12H18N2O2S. The van der Waals surface area contributed by atoms with Gasteiger partial charge in [-0.1, -0.05) is 6.07 Å². The lowest BCUT2D eigenvalue weighted by Gasteiger charge is -2.16. The van der Waals surface area contributed by atoms with Crippen LogP contribution in [0.1, 0.15) is 17.5 Å². The zero-order valence-corrected chi connectivity index (χ0v) is 11.0. The summed E-state index contributed by atoms with van der Waals surface area (Å²) in [5.74, 6) is 0. The van der Waals surface area contributed by atoms with Crippen molar-refractivity contribution in [2.75, 3.05) is 13.1 Å². The molecule has 0 spiro atoms. The average Bonchev–Trinajstić information content (AvgIpc) is 2.64. The third kappa shape index (κ3) is 2.51. The molecule has 1 aromatic rings. The van der Waals surface area contributed by atoms with Crippen molar-refractivity contribution in [1.82, 2.24) is 4.31 Å². The molecule has 1 heterocycles. The number of benzene rings is 1. The first-order valence-electron chi connectivity index (χ1n) is 5.73. The van der Waals surface area contributed by atoms with Gasteiger partial charge in [0.05, 0.1) is 4.90 Å². The van der Waals surface area contributed by atoms with Crippen LogP contribution in [0, 0.1) is 13.8 Å². The lowest BCUT2D eigenvalue weighted by Crippen LogP contribution is -2.32. The number of hydrogen-bond acceptors (Lipinski definition) is 3. The third-order valence-electron chi connectivity index (χ3n) is 3.02. The Kier molecular flexibility index (Phi) is 3.25. The Morgan fingerprint density at radius 3 is 2.29 bits per heavy atom. The molecule has 5 heteroatoms. The minimum absolute atomic E-state index is 0.0318. The van der Waals surface area contributed by atoms with Gasteiger partial charge in [0.15, 0.2) is 0 Å². The fourth-order valence-corrected chi connectivity index (χ4v) is 3.90. The molecule has 0 amide bonds. The summed E-state index contributed by atoms with van der Waals surface area (Å²) in [4.78, 5) is 0.379. The van der Waals surface area contributed by atoms with E-state index in [0.717, 1.165) is 17.5 Å².